The highest BCUT2D eigenvalue weighted by atomic mass is 16.3. The summed E-state index contributed by atoms with van der Waals surface area (Å²) in [6.45, 7) is 11.0. The van der Waals surface area contributed by atoms with E-state index in [0.717, 1.165) is 12.5 Å². The number of aliphatic hydroxyl groups is 1. The number of rotatable bonds is 3. The van der Waals surface area contributed by atoms with E-state index >= 15 is 0 Å². The van der Waals surface area contributed by atoms with Crippen molar-refractivity contribution in [2.45, 2.75) is 33.6 Å². The van der Waals surface area contributed by atoms with E-state index in [1.54, 1.807) is 0 Å². The number of nitrogens with zero attached hydrogens (tertiary/aromatic N) is 1. The molecule has 14 heavy (non-hydrogen) atoms. The van der Waals surface area contributed by atoms with Gasteiger partial charge in [0.2, 0.25) is 0 Å². The van der Waals surface area contributed by atoms with Crippen LogP contribution in [-0.4, -0.2) is 36.2 Å². The first-order valence-electron chi connectivity index (χ1n) is 5.78. The lowest BCUT2D eigenvalue weighted by Crippen LogP contribution is -2.54. The summed E-state index contributed by atoms with van der Waals surface area (Å²) >= 11 is 0. The van der Waals surface area contributed by atoms with Crippen LogP contribution in [0.5, 0.6) is 0 Å². The fourth-order valence-electron chi connectivity index (χ4n) is 2.26. The summed E-state index contributed by atoms with van der Waals surface area (Å²) in [7, 11) is 0. The molecule has 2 aliphatic rings. The second-order valence-electron chi connectivity index (χ2n) is 6.42. The van der Waals surface area contributed by atoms with Gasteiger partial charge in [0.25, 0.3) is 0 Å². The summed E-state index contributed by atoms with van der Waals surface area (Å²) in [6, 6.07) is 0. The molecule has 0 amide bonds. The quantitative estimate of drug-likeness (QED) is 0.745. The van der Waals surface area contributed by atoms with Crippen LogP contribution in [0.25, 0.3) is 0 Å². The lowest BCUT2D eigenvalue weighted by atomic mass is 9.75. The van der Waals surface area contributed by atoms with Crippen LogP contribution in [-0.2, 0) is 0 Å². The molecule has 1 saturated heterocycles. The van der Waals surface area contributed by atoms with Gasteiger partial charge in [0, 0.05) is 31.7 Å². The van der Waals surface area contributed by atoms with Gasteiger partial charge in [0.05, 0.1) is 0 Å². The number of hydrogen-bond donors (Lipinski definition) is 1. The van der Waals surface area contributed by atoms with Gasteiger partial charge in [-0.1, -0.05) is 20.8 Å². The smallest absolute Gasteiger partial charge is 0.0499 e. The Morgan fingerprint density at radius 2 is 1.86 bits per heavy atom. The van der Waals surface area contributed by atoms with Crippen LogP contribution in [0.15, 0.2) is 0 Å². The monoisotopic (exact) mass is 197 g/mol. The average molecular weight is 197 g/mol. The van der Waals surface area contributed by atoms with Crippen LogP contribution in [0.2, 0.25) is 0 Å². The first-order valence-corrected chi connectivity index (χ1v) is 5.78. The Bertz CT molecular complexity index is 209. The Morgan fingerprint density at radius 3 is 2.21 bits per heavy atom. The van der Waals surface area contributed by atoms with E-state index in [1.165, 1.54) is 25.9 Å². The summed E-state index contributed by atoms with van der Waals surface area (Å²) in [6.07, 6.45) is 2.47. The molecule has 0 aromatic carbocycles. The highest BCUT2D eigenvalue weighted by molar-refractivity contribution is 4.98. The van der Waals surface area contributed by atoms with Gasteiger partial charge in [0.15, 0.2) is 0 Å². The van der Waals surface area contributed by atoms with E-state index in [4.69, 9.17) is 0 Å². The Hall–Kier alpha value is -0.0800. The van der Waals surface area contributed by atoms with Crippen molar-refractivity contribution < 1.29 is 5.11 Å². The summed E-state index contributed by atoms with van der Waals surface area (Å²) in [5.41, 5.74) is 0.773. The summed E-state index contributed by atoms with van der Waals surface area (Å²) in [5.74, 6) is 0.858. The Labute approximate surface area is 87.3 Å². The number of likely N-dealkylation sites (tertiary alicyclic amines) is 1. The third kappa shape index (κ3) is 1.96. The molecule has 1 saturated carbocycles. The van der Waals surface area contributed by atoms with E-state index in [1.807, 2.05) is 0 Å². The molecule has 2 fully saturated rings. The van der Waals surface area contributed by atoms with Crippen molar-refractivity contribution in [1.82, 2.24) is 4.90 Å². The topological polar surface area (TPSA) is 23.5 Å². The molecule has 0 spiro atoms. The van der Waals surface area contributed by atoms with Crippen LogP contribution < -0.4 is 0 Å². The largest absolute Gasteiger partial charge is 0.396 e. The Kier molecular flexibility index (Phi) is 2.39. The average Bonchev–Trinajstić information content (AvgIpc) is 2.74. The lowest BCUT2D eigenvalue weighted by molar-refractivity contribution is 0.00270. The van der Waals surface area contributed by atoms with Crippen LogP contribution in [0.3, 0.4) is 0 Å². The Morgan fingerprint density at radius 1 is 1.29 bits per heavy atom. The fraction of sp³-hybridized carbons (Fsp3) is 1.00. The minimum absolute atomic E-state index is 0.308. The van der Waals surface area contributed by atoms with Crippen LogP contribution >= 0.6 is 0 Å². The van der Waals surface area contributed by atoms with Crippen molar-refractivity contribution in [1.29, 1.82) is 0 Å². The SMILES string of the molecule is CC(C)(C)C1CN(CC2(CO)CC2)C1. The normalized spacial score (nSPS) is 27.4. The molecule has 1 aliphatic heterocycles. The lowest BCUT2D eigenvalue weighted by Gasteiger charge is -2.47. The Balaban J connectivity index is 1.73. The second kappa shape index (κ2) is 3.21. The van der Waals surface area contributed by atoms with Crippen LogP contribution in [0.4, 0.5) is 0 Å². The van der Waals surface area contributed by atoms with Crippen molar-refractivity contribution in [3.63, 3.8) is 0 Å². The van der Waals surface area contributed by atoms with Gasteiger partial charge in [-0.2, -0.15) is 0 Å². The predicted molar refractivity (Wildman–Crippen MR) is 58.1 cm³/mol. The van der Waals surface area contributed by atoms with E-state index in [2.05, 4.69) is 25.7 Å². The maximum atomic E-state index is 9.22. The molecule has 2 nitrogen and oxygen atoms in total. The highest BCUT2D eigenvalue weighted by Gasteiger charge is 2.46. The summed E-state index contributed by atoms with van der Waals surface area (Å²) < 4.78 is 0. The van der Waals surface area contributed by atoms with Gasteiger partial charge >= 0.3 is 0 Å². The molecule has 0 atom stereocenters. The molecule has 0 aromatic heterocycles. The van der Waals surface area contributed by atoms with Gasteiger partial charge < -0.3 is 10.0 Å². The zero-order chi connectivity index (χ0) is 10.4. The maximum absolute atomic E-state index is 9.22. The molecule has 0 bridgehead atoms. The van der Waals surface area contributed by atoms with Crippen molar-refractivity contribution in [3.8, 4) is 0 Å². The molecule has 2 rings (SSSR count). The van der Waals surface area contributed by atoms with Gasteiger partial charge in [-0.3, -0.25) is 0 Å². The fourth-order valence-corrected chi connectivity index (χ4v) is 2.26. The van der Waals surface area contributed by atoms with Crippen molar-refractivity contribution in [3.05, 3.63) is 0 Å². The molecule has 1 N–H and O–H groups in total. The molecule has 2 heteroatoms. The number of aliphatic hydroxyl groups excluding tert-OH is 1. The van der Waals surface area contributed by atoms with Gasteiger partial charge in [-0.05, 0) is 24.2 Å². The standard InChI is InChI=1S/C12H23NO/c1-11(2,3)10-6-13(7-10)8-12(9-14)4-5-12/h10,14H,4-9H2,1-3H3. The maximum Gasteiger partial charge on any atom is 0.0499 e. The van der Waals surface area contributed by atoms with E-state index < -0.39 is 0 Å². The molecule has 0 radical (unpaired) electrons. The van der Waals surface area contributed by atoms with Gasteiger partial charge in [0.1, 0.15) is 0 Å². The highest BCUT2D eigenvalue weighted by Crippen LogP contribution is 2.47. The minimum atomic E-state index is 0.308. The third-order valence-corrected chi connectivity index (χ3v) is 4.03. The zero-order valence-electron chi connectivity index (χ0n) is 9.71. The van der Waals surface area contributed by atoms with Crippen LogP contribution in [0, 0.1) is 16.7 Å². The molecular formula is C12H23NO. The summed E-state index contributed by atoms with van der Waals surface area (Å²) in [4.78, 5) is 2.51. The zero-order valence-corrected chi connectivity index (χ0v) is 9.71. The van der Waals surface area contributed by atoms with E-state index in [-0.39, 0.29) is 0 Å². The second-order valence-corrected chi connectivity index (χ2v) is 6.42. The predicted octanol–water partition coefficient (Wildman–Crippen LogP) is 1.74. The van der Waals surface area contributed by atoms with Crippen molar-refractivity contribution >= 4 is 0 Å². The van der Waals surface area contributed by atoms with Crippen molar-refractivity contribution in [2.75, 3.05) is 26.2 Å². The summed E-state index contributed by atoms with van der Waals surface area (Å²) in [5, 5.41) is 9.22. The molecule has 82 valence electrons. The molecule has 1 heterocycles. The van der Waals surface area contributed by atoms with E-state index in [0.29, 0.717) is 17.4 Å². The first-order chi connectivity index (χ1) is 6.45. The molecule has 0 unspecified atom stereocenters. The minimum Gasteiger partial charge on any atom is -0.396 e. The van der Waals surface area contributed by atoms with Gasteiger partial charge in [-0.15, -0.1) is 0 Å². The van der Waals surface area contributed by atoms with Crippen molar-refractivity contribution in [2.24, 2.45) is 16.7 Å². The van der Waals surface area contributed by atoms with E-state index in [9.17, 15) is 5.11 Å². The molecule has 0 aromatic rings. The molecule has 1 aliphatic carbocycles. The van der Waals surface area contributed by atoms with Crippen LogP contribution in [0.1, 0.15) is 33.6 Å². The molecular weight excluding hydrogens is 174 g/mol. The van der Waals surface area contributed by atoms with Gasteiger partial charge in [-0.25, -0.2) is 0 Å². The third-order valence-electron chi connectivity index (χ3n) is 4.03. The number of hydrogen-bond acceptors (Lipinski definition) is 2. The first kappa shape index (κ1) is 10.4.